The molecule has 1 aromatic heterocycles. The van der Waals surface area contributed by atoms with Gasteiger partial charge in [-0.2, -0.15) is 0 Å². The summed E-state index contributed by atoms with van der Waals surface area (Å²) in [4.78, 5) is 17.8. The summed E-state index contributed by atoms with van der Waals surface area (Å²) in [5.74, 6) is 0.114. The number of imidazole rings is 1. The lowest BCUT2D eigenvalue weighted by Gasteiger charge is -2.19. The minimum atomic E-state index is -0.728. The number of hydrogen-bond donors (Lipinski definition) is 2. The third kappa shape index (κ3) is 7.36. The lowest BCUT2D eigenvalue weighted by molar-refractivity contribution is -0.137. The summed E-state index contributed by atoms with van der Waals surface area (Å²) in [6, 6.07) is 5.42. The smallest absolute Gasteiger partial charge is 0.303 e. The van der Waals surface area contributed by atoms with Crippen LogP contribution in [-0.2, 0) is 16.0 Å². The second-order valence-corrected chi connectivity index (χ2v) is 7.02. The number of aromatic amines is 1. The Morgan fingerprint density at radius 1 is 1.19 bits per heavy atom. The zero-order valence-electron chi connectivity index (χ0n) is 14.6. The Labute approximate surface area is 163 Å². The second-order valence-electron chi connectivity index (χ2n) is 6.18. The van der Waals surface area contributed by atoms with E-state index in [0.29, 0.717) is 23.1 Å². The van der Waals surface area contributed by atoms with Crippen LogP contribution in [0.25, 0.3) is 0 Å². The monoisotopic (exact) mass is 398 g/mol. The second kappa shape index (κ2) is 11.2. The van der Waals surface area contributed by atoms with Crippen LogP contribution in [-0.4, -0.2) is 27.7 Å². The molecule has 0 aliphatic heterocycles. The first-order valence-electron chi connectivity index (χ1n) is 8.83. The number of carbonyl (C=O) groups is 1. The first kappa shape index (κ1) is 20.7. The summed E-state index contributed by atoms with van der Waals surface area (Å²) in [6.07, 6.45) is 8.78. The zero-order valence-corrected chi connectivity index (χ0v) is 16.1. The Balaban J connectivity index is 1.82. The predicted octanol–water partition coefficient (Wildman–Crippen LogP) is 5.44. The van der Waals surface area contributed by atoms with Gasteiger partial charge in [0.15, 0.2) is 0 Å². The first-order valence-corrected chi connectivity index (χ1v) is 9.58. The lowest BCUT2D eigenvalue weighted by Crippen LogP contribution is -2.11. The molecule has 0 bridgehead atoms. The van der Waals surface area contributed by atoms with Crippen LogP contribution < -0.4 is 0 Å². The van der Waals surface area contributed by atoms with Crippen molar-refractivity contribution in [1.29, 1.82) is 0 Å². The highest BCUT2D eigenvalue weighted by Gasteiger charge is 2.17. The van der Waals surface area contributed by atoms with Crippen molar-refractivity contribution in [2.45, 2.75) is 51.0 Å². The Kier molecular flexibility index (Phi) is 8.95. The van der Waals surface area contributed by atoms with Crippen LogP contribution >= 0.6 is 23.2 Å². The van der Waals surface area contributed by atoms with Crippen molar-refractivity contribution in [2.24, 2.45) is 0 Å². The molecular weight excluding hydrogens is 375 g/mol. The van der Waals surface area contributed by atoms with Crippen molar-refractivity contribution in [1.82, 2.24) is 9.97 Å². The minimum absolute atomic E-state index is 0.196. The number of aliphatic carboxylic acids is 1. The van der Waals surface area contributed by atoms with Crippen LogP contribution in [0.1, 0.15) is 56.0 Å². The number of carboxylic acid groups (broad SMARTS) is 1. The number of rotatable bonds is 12. The van der Waals surface area contributed by atoms with E-state index in [2.05, 4.69) is 9.97 Å². The molecule has 2 rings (SSSR count). The fourth-order valence-corrected chi connectivity index (χ4v) is 3.27. The van der Waals surface area contributed by atoms with E-state index in [1.165, 1.54) is 0 Å². The Morgan fingerprint density at radius 3 is 2.65 bits per heavy atom. The van der Waals surface area contributed by atoms with Gasteiger partial charge in [0.25, 0.3) is 0 Å². The molecular formula is C19H24Cl2N2O3. The molecule has 5 nitrogen and oxygen atoms in total. The van der Waals surface area contributed by atoms with Crippen molar-refractivity contribution >= 4 is 29.2 Å². The van der Waals surface area contributed by atoms with Crippen molar-refractivity contribution in [2.75, 3.05) is 6.61 Å². The summed E-state index contributed by atoms with van der Waals surface area (Å²) in [7, 11) is 0. The van der Waals surface area contributed by atoms with E-state index >= 15 is 0 Å². The molecule has 2 aromatic rings. The summed E-state index contributed by atoms with van der Waals surface area (Å²) in [5, 5.41) is 9.80. The quantitative estimate of drug-likeness (QED) is 0.466. The molecule has 0 saturated heterocycles. The fraction of sp³-hybridized carbons (Fsp3) is 0.474. The first-order chi connectivity index (χ1) is 12.6. The Morgan fingerprint density at radius 2 is 1.96 bits per heavy atom. The van der Waals surface area contributed by atoms with E-state index in [-0.39, 0.29) is 12.5 Å². The highest BCUT2D eigenvalue weighted by atomic mass is 35.5. The molecule has 2 N–H and O–H groups in total. The van der Waals surface area contributed by atoms with E-state index in [1.807, 2.05) is 12.1 Å². The lowest BCUT2D eigenvalue weighted by atomic mass is 10.1. The molecule has 1 heterocycles. The van der Waals surface area contributed by atoms with Crippen LogP contribution in [0.2, 0.25) is 10.0 Å². The molecule has 7 heteroatoms. The maximum atomic E-state index is 10.5. The Hall–Kier alpha value is -1.56. The normalized spacial score (nSPS) is 12.2. The van der Waals surface area contributed by atoms with E-state index in [4.69, 9.17) is 33.0 Å². The third-order valence-corrected chi connectivity index (χ3v) is 4.66. The number of nitrogens with zero attached hydrogens (tertiary/aromatic N) is 1. The zero-order chi connectivity index (χ0) is 18.8. The molecule has 26 heavy (non-hydrogen) atoms. The summed E-state index contributed by atoms with van der Waals surface area (Å²) in [6.45, 7) is 0.614. The number of nitrogens with one attached hydrogen (secondary N) is 1. The number of aromatic nitrogens is 2. The maximum absolute atomic E-state index is 10.5. The third-order valence-electron chi connectivity index (χ3n) is 4.10. The van der Waals surface area contributed by atoms with Crippen molar-refractivity contribution in [3.8, 4) is 0 Å². The molecule has 0 spiro atoms. The van der Waals surface area contributed by atoms with Gasteiger partial charge in [0.1, 0.15) is 5.82 Å². The number of halogens is 2. The largest absolute Gasteiger partial charge is 0.481 e. The van der Waals surface area contributed by atoms with Gasteiger partial charge in [0, 0.05) is 41.9 Å². The highest BCUT2D eigenvalue weighted by molar-refractivity contribution is 6.35. The van der Waals surface area contributed by atoms with Crippen LogP contribution in [0.15, 0.2) is 30.6 Å². The summed E-state index contributed by atoms with van der Waals surface area (Å²) < 4.78 is 6.09. The molecule has 1 unspecified atom stereocenters. The van der Waals surface area contributed by atoms with Gasteiger partial charge in [-0.1, -0.05) is 48.5 Å². The van der Waals surface area contributed by atoms with Gasteiger partial charge in [0.2, 0.25) is 0 Å². The molecule has 0 aliphatic rings. The van der Waals surface area contributed by atoms with Gasteiger partial charge in [0.05, 0.1) is 6.10 Å². The van der Waals surface area contributed by atoms with Gasteiger partial charge >= 0.3 is 5.97 Å². The average molecular weight is 399 g/mol. The van der Waals surface area contributed by atoms with Crippen LogP contribution in [0, 0.1) is 0 Å². The summed E-state index contributed by atoms with van der Waals surface area (Å²) in [5.41, 5.74) is 0.897. The van der Waals surface area contributed by atoms with Gasteiger partial charge in [-0.05, 0) is 30.5 Å². The molecule has 0 radical (unpaired) electrons. The highest BCUT2D eigenvalue weighted by Crippen LogP contribution is 2.30. The summed E-state index contributed by atoms with van der Waals surface area (Å²) >= 11 is 12.3. The maximum Gasteiger partial charge on any atom is 0.303 e. The minimum Gasteiger partial charge on any atom is -0.481 e. The van der Waals surface area contributed by atoms with Crippen LogP contribution in [0.5, 0.6) is 0 Å². The van der Waals surface area contributed by atoms with Crippen molar-refractivity contribution in [3.63, 3.8) is 0 Å². The molecule has 142 valence electrons. The number of hydrogen-bond acceptors (Lipinski definition) is 3. The molecule has 0 aliphatic carbocycles. The van der Waals surface area contributed by atoms with Gasteiger partial charge in [-0.15, -0.1) is 0 Å². The molecule has 0 saturated carbocycles. The van der Waals surface area contributed by atoms with Gasteiger partial charge in [-0.3, -0.25) is 4.79 Å². The topological polar surface area (TPSA) is 75.2 Å². The van der Waals surface area contributed by atoms with Crippen LogP contribution in [0.4, 0.5) is 0 Å². The fourth-order valence-electron chi connectivity index (χ4n) is 2.74. The number of carboxylic acids is 1. The molecule has 0 amide bonds. The van der Waals surface area contributed by atoms with Crippen molar-refractivity contribution < 1.29 is 14.6 Å². The number of ether oxygens (including phenoxy) is 1. The Bertz CT molecular complexity index is 677. The van der Waals surface area contributed by atoms with Gasteiger partial charge < -0.3 is 14.8 Å². The van der Waals surface area contributed by atoms with E-state index in [1.54, 1.807) is 18.5 Å². The van der Waals surface area contributed by atoms with Crippen LogP contribution in [0.3, 0.4) is 0 Å². The predicted molar refractivity (Wildman–Crippen MR) is 103 cm³/mol. The average Bonchev–Trinajstić information content (AvgIpc) is 3.09. The number of unbranched alkanes of at least 4 members (excludes halogenated alkanes) is 4. The number of H-pyrrole nitrogens is 1. The standard InChI is InChI=1S/C19H24Cl2N2O3/c20-14-7-8-15(16(21)12-14)17(13-18-22-9-10-23-18)26-11-5-3-1-2-4-6-19(24)25/h7-10,12,17H,1-6,11,13H2,(H,22,23)(H,24,25). The SMILES string of the molecule is O=C(O)CCCCCCCOC(Cc1ncc[nH]1)c1ccc(Cl)cc1Cl. The number of benzene rings is 1. The van der Waals surface area contributed by atoms with Gasteiger partial charge in [-0.25, -0.2) is 4.98 Å². The van der Waals surface area contributed by atoms with E-state index in [9.17, 15) is 4.79 Å². The van der Waals surface area contributed by atoms with E-state index < -0.39 is 5.97 Å². The molecule has 1 aromatic carbocycles. The van der Waals surface area contributed by atoms with Crippen molar-refractivity contribution in [3.05, 3.63) is 52.0 Å². The van der Waals surface area contributed by atoms with E-state index in [0.717, 1.165) is 43.5 Å². The molecule has 0 fully saturated rings. The molecule has 1 atom stereocenters.